The molecule has 3 nitrogen and oxygen atoms in total. The first-order valence-corrected chi connectivity index (χ1v) is 7.53. The largest absolute Gasteiger partial charge is 0.342 e. The van der Waals surface area contributed by atoms with E-state index < -0.39 is 11.6 Å². The summed E-state index contributed by atoms with van der Waals surface area (Å²) in [7, 11) is 0. The van der Waals surface area contributed by atoms with E-state index in [0.29, 0.717) is 19.0 Å². The first kappa shape index (κ1) is 18.8. The number of hydrogen-bond acceptors (Lipinski definition) is 2. The second-order valence-corrected chi connectivity index (χ2v) is 5.52. The Morgan fingerprint density at radius 1 is 1.32 bits per heavy atom. The third kappa shape index (κ3) is 4.92. The van der Waals surface area contributed by atoms with Crippen molar-refractivity contribution in [2.75, 3.05) is 26.2 Å². The van der Waals surface area contributed by atoms with Gasteiger partial charge in [-0.3, -0.25) is 4.79 Å². The molecule has 6 heteroatoms. The third-order valence-electron chi connectivity index (χ3n) is 4.02. The van der Waals surface area contributed by atoms with Crippen molar-refractivity contribution in [3.05, 3.63) is 35.4 Å². The predicted octanol–water partition coefficient (Wildman–Crippen LogP) is 2.78. The van der Waals surface area contributed by atoms with Crippen LogP contribution in [0.3, 0.4) is 0 Å². The summed E-state index contributed by atoms with van der Waals surface area (Å²) in [6, 6.07) is 3.97. The summed E-state index contributed by atoms with van der Waals surface area (Å²) in [5.41, 5.74) is 0.134. The van der Waals surface area contributed by atoms with Gasteiger partial charge in [-0.1, -0.05) is 19.1 Å². The lowest BCUT2D eigenvalue weighted by Gasteiger charge is -2.32. The number of likely N-dealkylation sites (tertiary alicyclic amines) is 1. The van der Waals surface area contributed by atoms with Gasteiger partial charge in [0.05, 0.1) is 6.42 Å². The van der Waals surface area contributed by atoms with Crippen molar-refractivity contribution in [3.8, 4) is 0 Å². The Kier molecular flexibility index (Phi) is 7.76. The van der Waals surface area contributed by atoms with Gasteiger partial charge in [-0.2, -0.15) is 0 Å². The Balaban J connectivity index is 0.00000242. The third-order valence-corrected chi connectivity index (χ3v) is 4.02. The Morgan fingerprint density at radius 3 is 2.64 bits per heavy atom. The number of benzene rings is 1. The zero-order valence-electron chi connectivity index (χ0n) is 12.8. The minimum atomic E-state index is -0.909. The van der Waals surface area contributed by atoms with Crippen LogP contribution in [0, 0.1) is 17.6 Å². The highest BCUT2D eigenvalue weighted by atomic mass is 35.5. The van der Waals surface area contributed by atoms with Crippen LogP contribution in [0.15, 0.2) is 18.2 Å². The quantitative estimate of drug-likeness (QED) is 0.899. The van der Waals surface area contributed by atoms with E-state index in [0.717, 1.165) is 32.0 Å². The van der Waals surface area contributed by atoms with Gasteiger partial charge in [-0.15, -0.1) is 12.4 Å². The number of nitrogens with zero attached hydrogens (tertiary/aromatic N) is 1. The maximum atomic E-state index is 13.6. The second-order valence-electron chi connectivity index (χ2n) is 5.52. The molecule has 0 atom stereocenters. The summed E-state index contributed by atoms with van der Waals surface area (Å²) in [6.45, 7) is 5.42. The summed E-state index contributed by atoms with van der Waals surface area (Å²) in [5, 5.41) is 3.32. The number of nitrogens with one attached hydrogen (secondary N) is 1. The molecule has 1 aromatic carbocycles. The summed E-state index contributed by atoms with van der Waals surface area (Å²) in [5.74, 6) is -1.33. The SMILES string of the molecule is CCNCC1CCN(C(=O)Cc2cccc(F)c2F)CC1.Cl. The van der Waals surface area contributed by atoms with E-state index in [-0.39, 0.29) is 30.3 Å². The van der Waals surface area contributed by atoms with Crippen LogP contribution < -0.4 is 5.32 Å². The van der Waals surface area contributed by atoms with Crippen LogP contribution >= 0.6 is 12.4 Å². The molecule has 0 aliphatic carbocycles. The van der Waals surface area contributed by atoms with Crippen molar-refractivity contribution in [3.63, 3.8) is 0 Å². The number of carbonyl (C=O) groups excluding carboxylic acids is 1. The van der Waals surface area contributed by atoms with Crippen LogP contribution in [0.2, 0.25) is 0 Å². The van der Waals surface area contributed by atoms with Crippen LogP contribution in [0.5, 0.6) is 0 Å². The molecule has 22 heavy (non-hydrogen) atoms. The first-order chi connectivity index (χ1) is 10.1. The van der Waals surface area contributed by atoms with E-state index in [2.05, 4.69) is 12.2 Å². The zero-order valence-corrected chi connectivity index (χ0v) is 13.6. The summed E-state index contributed by atoms with van der Waals surface area (Å²) < 4.78 is 26.7. The first-order valence-electron chi connectivity index (χ1n) is 7.53. The molecule has 0 bridgehead atoms. The number of piperidine rings is 1. The summed E-state index contributed by atoms with van der Waals surface area (Å²) in [4.78, 5) is 13.9. The van der Waals surface area contributed by atoms with E-state index in [9.17, 15) is 13.6 Å². The molecule has 0 radical (unpaired) electrons. The molecule has 1 fully saturated rings. The van der Waals surface area contributed by atoms with Gasteiger partial charge >= 0.3 is 0 Å². The number of hydrogen-bond donors (Lipinski definition) is 1. The smallest absolute Gasteiger partial charge is 0.227 e. The predicted molar refractivity (Wildman–Crippen MR) is 85.2 cm³/mol. The van der Waals surface area contributed by atoms with Crippen molar-refractivity contribution >= 4 is 18.3 Å². The highest BCUT2D eigenvalue weighted by Gasteiger charge is 2.23. The fourth-order valence-corrected chi connectivity index (χ4v) is 2.69. The maximum Gasteiger partial charge on any atom is 0.227 e. The normalized spacial score (nSPS) is 15.5. The molecular weight excluding hydrogens is 310 g/mol. The van der Waals surface area contributed by atoms with Crippen LogP contribution in [-0.4, -0.2) is 37.0 Å². The Hall–Kier alpha value is -1.20. The lowest BCUT2D eigenvalue weighted by Crippen LogP contribution is -2.41. The van der Waals surface area contributed by atoms with Gasteiger partial charge in [-0.05, 0) is 37.9 Å². The molecule has 1 amide bonds. The van der Waals surface area contributed by atoms with Gasteiger partial charge in [0.2, 0.25) is 5.91 Å². The Bertz CT molecular complexity index is 491. The molecule has 0 aromatic heterocycles. The van der Waals surface area contributed by atoms with E-state index >= 15 is 0 Å². The zero-order chi connectivity index (χ0) is 15.2. The topological polar surface area (TPSA) is 32.3 Å². The van der Waals surface area contributed by atoms with Crippen molar-refractivity contribution < 1.29 is 13.6 Å². The van der Waals surface area contributed by atoms with Crippen molar-refractivity contribution in [1.29, 1.82) is 0 Å². The Morgan fingerprint density at radius 2 is 2.00 bits per heavy atom. The van der Waals surface area contributed by atoms with Crippen molar-refractivity contribution in [2.45, 2.75) is 26.2 Å². The van der Waals surface area contributed by atoms with Crippen LogP contribution in [0.4, 0.5) is 8.78 Å². The summed E-state index contributed by atoms with van der Waals surface area (Å²) in [6.07, 6.45) is 1.86. The average Bonchev–Trinajstić information content (AvgIpc) is 2.50. The second kappa shape index (κ2) is 9.06. The number of rotatable bonds is 5. The van der Waals surface area contributed by atoms with Gasteiger partial charge in [0.25, 0.3) is 0 Å². The number of carbonyl (C=O) groups is 1. The molecule has 1 aliphatic heterocycles. The molecule has 2 rings (SSSR count). The Labute approximate surface area is 136 Å². The van der Waals surface area contributed by atoms with Gasteiger partial charge < -0.3 is 10.2 Å². The molecule has 124 valence electrons. The minimum Gasteiger partial charge on any atom is -0.342 e. The molecule has 0 unspecified atom stereocenters. The van der Waals surface area contributed by atoms with Crippen molar-refractivity contribution in [1.82, 2.24) is 10.2 Å². The maximum absolute atomic E-state index is 13.6. The summed E-state index contributed by atoms with van der Waals surface area (Å²) >= 11 is 0. The standard InChI is InChI=1S/C16H22F2N2O.ClH/c1-2-19-11-12-6-8-20(9-7-12)15(21)10-13-4-3-5-14(17)16(13)18;/h3-5,12,19H,2,6-11H2,1H3;1H. The highest BCUT2D eigenvalue weighted by Crippen LogP contribution is 2.18. The molecule has 1 aliphatic rings. The van der Waals surface area contributed by atoms with Gasteiger partial charge in [0.15, 0.2) is 11.6 Å². The average molecular weight is 333 g/mol. The minimum absolute atomic E-state index is 0. The lowest BCUT2D eigenvalue weighted by molar-refractivity contribution is -0.131. The molecule has 1 aromatic rings. The molecular formula is C16H23ClF2N2O. The van der Waals surface area contributed by atoms with Crippen molar-refractivity contribution in [2.24, 2.45) is 5.92 Å². The molecule has 1 heterocycles. The van der Waals surface area contributed by atoms with E-state index in [1.807, 2.05) is 0 Å². The monoisotopic (exact) mass is 332 g/mol. The van der Waals surface area contributed by atoms with Gasteiger partial charge in [-0.25, -0.2) is 8.78 Å². The lowest BCUT2D eigenvalue weighted by atomic mass is 9.96. The fraction of sp³-hybridized carbons (Fsp3) is 0.562. The fourth-order valence-electron chi connectivity index (χ4n) is 2.69. The van der Waals surface area contributed by atoms with E-state index in [4.69, 9.17) is 0 Å². The molecule has 1 saturated heterocycles. The molecule has 0 saturated carbocycles. The van der Waals surface area contributed by atoms with Crippen LogP contribution in [0.25, 0.3) is 0 Å². The van der Waals surface area contributed by atoms with Crippen LogP contribution in [0.1, 0.15) is 25.3 Å². The van der Waals surface area contributed by atoms with Gasteiger partial charge in [0, 0.05) is 18.7 Å². The molecule has 0 spiro atoms. The molecule has 1 N–H and O–H groups in total. The highest BCUT2D eigenvalue weighted by molar-refractivity contribution is 5.85. The van der Waals surface area contributed by atoms with E-state index in [1.165, 1.54) is 12.1 Å². The van der Waals surface area contributed by atoms with Gasteiger partial charge in [0.1, 0.15) is 0 Å². The number of amides is 1. The van der Waals surface area contributed by atoms with E-state index in [1.54, 1.807) is 4.90 Å². The number of halogens is 3. The van der Waals surface area contributed by atoms with Crippen LogP contribution in [-0.2, 0) is 11.2 Å².